The summed E-state index contributed by atoms with van der Waals surface area (Å²) in [6.07, 6.45) is 6.92. The standard InChI is InChI=1S/C26H29N7O3S/c1-31-16-25(29-18-31)37(35,36)30-22-11-21-10-20(26(34)28-12-19-6-4-3-5-7-19)8-9-24(21)33(14-22)15-23-13-27-17-32(23)2/h3-10,13,16-18,22,30H,11-12,14-15H2,1-2H3,(H,28,34). The molecule has 1 amide bonds. The van der Waals surface area contributed by atoms with Gasteiger partial charge >= 0.3 is 0 Å². The van der Waals surface area contributed by atoms with Crippen molar-refractivity contribution in [1.29, 1.82) is 0 Å². The summed E-state index contributed by atoms with van der Waals surface area (Å²) in [5, 5.41) is 2.94. The number of carbonyl (C=O) groups is 1. The van der Waals surface area contributed by atoms with Gasteiger partial charge < -0.3 is 19.4 Å². The molecule has 10 nitrogen and oxygen atoms in total. The number of hydrogen-bond donors (Lipinski definition) is 2. The van der Waals surface area contributed by atoms with E-state index in [0.717, 1.165) is 22.5 Å². The lowest BCUT2D eigenvalue weighted by Gasteiger charge is -2.36. The molecule has 37 heavy (non-hydrogen) atoms. The third kappa shape index (κ3) is 5.57. The molecule has 0 aliphatic carbocycles. The number of carbonyl (C=O) groups excluding carboxylic acids is 1. The zero-order valence-electron chi connectivity index (χ0n) is 20.7. The Morgan fingerprint density at radius 2 is 1.92 bits per heavy atom. The van der Waals surface area contributed by atoms with Crippen LogP contribution in [0.5, 0.6) is 0 Å². The molecule has 192 valence electrons. The molecule has 0 radical (unpaired) electrons. The summed E-state index contributed by atoms with van der Waals surface area (Å²) in [6, 6.07) is 14.9. The first-order chi connectivity index (χ1) is 17.8. The van der Waals surface area contributed by atoms with Crippen molar-refractivity contribution in [2.24, 2.45) is 14.1 Å². The molecule has 5 rings (SSSR count). The van der Waals surface area contributed by atoms with Crippen molar-refractivity contribution in [1.82, 2.24) is 29.1 Å². The van der Waals surface area contributed by atoms with Gasteiger partial charge in [0.2, 0.25) is 0 Å². The number of nitrogens with zero attached hydrogens (tertiary/aromatic N) is 5. The van der Waals surface area contributed by atoms with Crippen LogP contribution in [0.4, 0.5) is 5.69 Å². The Morgan fingerprint density at radius 3 is 2.62 bits per heavy atom. The Hall–Kier alpha value is -3.96. The van der Waals surface area contributed by atoms with Crippen LogP contribution in [0, 0.1) is 0 Å². The minimum Gasteiger partial charge on any atom is -0.364 e. The van der Waals surface area contributed by atoms with E-state index in [1.54, 1.807) is 24.1 Å². The second-order valence-corrected chi connectivity index (χ2v) is 10.9. The average molecular weight is 520 g/mol. The highest BCUT2D eigenvalue weighted by atomic mass is 32.2. The van der Waals surface area contributed by atoms with E-state index in [4.69, 9.17) is 0 Å². The number of fused-ring (bicyclic) bond motifs is 1. The molecule has 11 heteroatoms. The number of nitrogens with one attached hydrogen (secondary N) is 2. The summed E-state index contributed by atoms with van der Waals surface area (Å²) >= 11 is 0. The van der Waals surface area contributed by atoms with E-state index in [0.29, 0.717) is 31.6 Å². The van der Waals surface area contributed by atoms with Gasteiger partial charge in [0.1, 0.15) is 0 Å². The fraction of sp³-hybridized carbons (Fsp3) is 0.269. The van der Waals surface area contributed by atoms with Crippen molar-refractivity contribution in [3.8, 4) is 0 Å². The molecule has 2 aromatic heterocycles. The largest absolute Gasteiger partial charge is 0.364 e. The van der Waals surface area contributed by atoms with Gasteiger partial charge in [-0.15, -0.1) is 0 Å². The van der Waals surface area contributed by atoms with Crippen molar-refractivity contribution >= 4 is 21.6 Å². The van der Waals surface area contributed by atoms with Crippen LogP contribution in [0.15, 0.2) is 78.6 Å². The van der Waals surface area contributed by atoms with Crippen LogP contribution in [0.1, 0.15) is 27.2 Å². The second kappa shape index (κ2) is 10.2. The number of hydrogen-bond acceptors (Lipinski definition) is 6. The molecule has 1 aliphatic heterocycles. The molecule has 0 bridgehead atoms. The van der Waals surface area contributed by atoms with Crippen LogP contribution < -0.4 is 14.9 Å². The Labute approximate surface area is 216 Å². The molecule has 0 saturated carbocycles. The number of aromatic nitrogens is 4. The highest BCUT2D eigenvalue weighted by molar-refractivity contribution is 7.89. The predicted octanol–water partition coefficient (Wildman–Crippen LogP) is 1.99. The van der Waals surface area contributed by atoms with Gasteiger partial charge in [0.15, 0.2) is 5.03 Å². The summed E-state index contributed by atoms with van der Waals surface area (Å²) in [5.74, 6) is -0.180. The van der Waals surface area contributed by atoms with Gasteiger partial charge in [-0.3, -0.25) is 4.79 Å². The van der Waals surface area contributed by atoms with Crippen molar-refractivity contribution < 1.29 is 13.2 Å². The first-order valence-electron chi connectivity index (χ1n) is 11.9. The smallest absolute Gasteiger partial charge is 0.259 e. The quantitative estimate of drug-likeness (QED) is 0.368. The van der Waals surface area contributed by atoms with Gasteiger partial charge in [0, 0.05) is 56.9 Å². The van der Waals surface area contributed by atoms with Crippen LogP contribution in [0.25, 0.3) is 0 Å². The first kappa shape index (κ1) is 24.7. The fourth-order valence-corrected chi connectivity index (χ4v) is 5.75. The number of rotatable bonds is 8. The number of amides is 1. The molecule has 4 aromatic rings. The summed E-state index contributed by atoms with van der Waals surface area (Å²) < 4.78 is 32.4. The van der Waals surface area contributed by atoms with E-state index < -0.39 is 16.1 Å². The Balaban J connectivity index is 1.40. The molecule has 1 aliphatic rings. The Morgan fingerprint density at radius 1 is 1.11 bits per heavy atom. The maximum Gasteiger partial charge on any atom is 0.259 e. The maximum atomic E-state index is 13.0. The minimum atomic E-state index is -3.81. The lowest BCUT2D eigenvalue weighted by molar-refractivity contribution is 0.0950. The van der Waals surface area contributed by atoms with Crippen molar-refractivity contribution in [3.63, 3.8) is 0 Å². The summed E-state index contributed by atoms with van der Waals surface area (Å²) in [5.41, 5.74) is 4.40. The molecule has 3 heterocycles. The van der Waals surface area contributed by atoms with Crippen LogP contribution in [-0.2, 0) is 43.6 Å². The van der Waals surface area contributed by atoms with E-state index in [9.17, 15) is 13.2 Å². The van der Waals surface area contributed by atoms with Gasteiger partial charge in [-0.2, -0.15) is 0 Å². The van der Waals surface area contributed by atoms with E-state index >= 15 is 0 Å². The lowest BCUT2D eigenvalue weighted by atomic mass is 9.96. The van der Waals surface area contributed by atoms with Gasteiger partial charge in [0.05, 0.1) is 24.9 Å². The SMILES string of the molecule is Cn1cnc(S(=O)(=O)NC2Cc3cc(C(=O)NCc4ccccc4)ccc3N(Cc3cncn3C)C2)c1. The van der Waals surface area contributed by atoms with Crippen molar-refractivity contribution in [2.45, 2.75) is 30.6 Å². The number of aryl methyl sites for hydroxylation is 2. The molecule has 0 saturated heterocycles. The van der Waals surface area contributed by atoms with Gasteiger partial charge in [-0.1, -0.05) is 30.3 Å². The monoisotopic (exact) mass is 519 g/mol. The van der Waals surface area contributed by atoms with Gasteiger partial charge in [-0.05, 0) is 35.7 Å². The highest BCUT2D eigenvalue weighted by Gasteiger charge is 2.30. The number of sulfonamides is 1. The summed E-state index contributed by atoms with van der Waals surface area (Å²) in [7, 11) is -0.156. The zero-order chi connectivity index (χ0) is 26.0. The highest BCUT2D eigenvalue weighted by Crippen LogP contribution is 2.30. The fourth-order valence-electron chi connectivity index (χ4n) is 4.54. The third-order valence-electron chi connectivity index (χ3n) is 6.43. The van der Waals surface area contributed by atoms with Crippen molar-refractivity contribution in [2.75, 3.05) is 11.4 Å². The van der Waals surface area contributed by atoms with Crippen LogP contribution in [0.2, 0.25) is 0 Å². The summed E-state index contributed by atoms with van der Waals surface area (Å²) in [6.45, 7) is 1.44. The van der Waals surface area contributed by atoms with E-state index in [1.807, 2.05) is 60.1 Å². The molecule has 0 fully saturated rings. The molecule has 1 unspecified atom stereocenters. The third-order valence-corrected chi connectivity index (χ3v) is 7.84. The summed E-state index contributed by atoms with van der Waals surface area (Å²) in [4.78, 5) is 23.3. The van der Waals surface area contributed by atoms with E-state index in [-0.39, 0.29) is 10.9 Å². The first-order valence-corrected chi connectivity index (χ1v) is 13.4. The Bertz CT molecular complexity index is 1510. The Kier molecular flexibility index (Phi) is 6.81. The topological polar surface area (TPSA) is 114 Å². The zero-order valence-corrected chi connectivity index (χ0v) is 21.5. The van der Waals surface area contributed by atoms with Crippen LogP contribution in [0.3, 0.4) is 0 Å². The number of anilines is 1. The van der Waals surface area contributed by atoms with Crippen LogP contribution in [-0.4, -0.2) is 46.0 Å². The van der Waals surface area contributed by atoms with Gasteiger partial charge in [0.25, 0.3) is 15.9 Å². The molecular formula is C26H29N7O3S. The average Bonchev–Trinajstić information content (AvgIpc) is 3.51. The molecule has 0 spiro atoms. The van der Waals surface area contributed by atoms with E-state index in [2.05, 4.69) is 24.9 Å². The second-order valence-electron chi connectivity index (χ2n) is 9.29. The van der Waals surface area contributed by atoms with E-state index in [1.165, 1.54) is 12.5 Å². The molecule has 2 aromatic carbocycles. The van der Waals surface area contributed by atoms with Crippen LogP contribution >= 0.6 is 0 Å². The molecule has 2 N–H and O–H groups in total. The minimum absolute atomic E-state index is 0.0204. The van der Waals surface area contributed by atoms with Gasteiger partial charge in [-0.25, -0.2) is 23.1 Å². The maximum absolute atomic E-state index is 13.0. The normalized spacial score (nSPS) is 15.4. The molecular weight excluding hydrogens is 490 g/mol. The lowest BCUT2D eigenvalue weighted by Crippen LogP contribution is -2.48. The van der Waals surface area contributed by atoms with Crippen molar-refractivity contribution in [3.05, 3.63) is 96.0 Å². The predicted molar refractivity (Wildman–Crippen MR) is 139 cm³/mol. The molecule has 1 atom stereocenters. The number of imidazole rings is 2. The number of benzene rings is 2.